The van der Waals surface area contributed by atoms with Crippen LogP contribution in [-0.4, -0.2) is 17.9 Å². The molecule has 1 unspecified atom stereocenters. The molecular formula is C17H16BrNO3. The Bertz CT molecular complexity index is 658. The molecule has 5 heteroatoms. The second-order valence-electron chi connectivity index (χ2n) is 4.76. The summed E-state index contributed by atoms with van der Waals surface area (Å²) in [4.78, 5) is 23.9. The SMILES string of the molecule is CC(NC(=O)c1ccccc1)C(=O)OCc1ccccc1Br. The number of esters is 1. The van der Waals surface area contributed by atoms with E-state index in [-0.39, 0.29) is 12.5 Å². The largest absolute Gasteiger partial charge is 0.459 e. The van der Waals surface area contributed by atoms with Gasteiger partial charge in [-0.2, -0.15) is 0 Å². The summed E-state index contributed by atoms with van der Waals surface area (Å²) in [6, 6.07) is 15.5. The van der Waals surface area contributed by atoms with Gasteiger partial charge in [-0.3, -0.25) is 4.79 Å². The Morgan fingerprint density at radius 2 is 1.73 bits per heavy atom. The third kappa shape index (κ3) is 4.43. The molecule has 22 heavy (non-hydrogen) atoms. The fraction of sp³-hybridized carbons (Fsp3) is 0.176. The van der Waals surface area contributed by atoms with Gasteiger partial charge in [0, 0.05) is 15.6 Å². The molecule has 2 aromatic carbocycles. The van der Waals surface area contributed by atoms with Crippen LogP contribution in [0.3, 0.4) is 0 Å². The molecule has 2 aromatic rings. The smallest absolute Gasteiger partial charge is 0.328 e. The highest BCUT2D eigenvalue weighted by Crippen LogP contribution is 2.16. The summed E-state index contributed by atoms with van der Waals surface area (Å²) in [7, 11) is 0. The summed E-state index contributed by atoms with van der Waals surface area (Å²) in [6.45, 7) is 1.76. The van der Waals surface area contributed by atoms with Crippen molar-refractivity contribution >= 4 is 27.8 Å². The van der Waals surface area contributed by atoms with Crippen LogP contribution in [-0.2, 0) is 16.1 Å². The lowest BCUT2D eigenvalue weighted by Gasteiger charge is -2.14. The monoisotopic (exact) mass is 361 g/mol. The Kier molecular flexibility index (Phi) is 5.72. The Labute approximate surface area is 137 Å². The van der Waals surface area contributed by atoms with Gasteiger partial charge in [-0.1, -0.05) is 52.3 Å². The maximum Gasteiger partial charge on any atom is 0.328 e. The molecule has 0 aliphatic heterocycles. The number of halogens is 1. The highest BCUT2D eigenvalue weighted by molar-refractivity contribution is 9.10. The van der Waals surface area contributed by atoms with Crippen LogP contribution >= 0.6 is 15.9 Å². The number of carbonyl (C=O) groups is 2. The first-order valence-electron chi connectivity index (χ1n) is 6.84. The molecule has 0 saturated carbocycles. The van der Waals surface area contributed by atoms with Crippen molar-refractivity contribution < 1.29 is 14.3 Å². The number of rotatable bonds is 5. The van der Waals surface area contributed by atoms with E-state index in [4.69, 9.17) is 4.74 Å². The zero-order chi connectivity index (χ0) is 15.9. The Balaban J connectivity index is 1.87. The van der Waals surface area contributed by atoms with Crippen LogP contribution in [0.25, 0.3) is 0 Å². The molecule has 114 valence electrons. The van der Waals surface area contributed by atoms with E-state index in [1.54, 1.807) is 31.2 Å². The van der Waals surface area contributed by atoms with E-state index in [1.165, 1.54) is 0 Å². The predicted octanol–water partition coefficient (Wildman–Crippen LogP) is 3.31. The van der Waals surface area contributed by atoms with Gasteiger partial charge < -0.3 is 10.1 Å². The molecule has 0 aromatic heterocycles. The fourth-order valence-electron chi connectivity index (χ4n) is 1.82. The predicted molar refractivity (Wildman–Crippen MR) is 87.3 cm³/mol. The first-order valence-corrected chi connectivity index (χ1v) is 7.63. The van der Waals surface area contributed by atoms with Gasteiger partial charge in [-0.05, 0) is 25.1 Å². The van der Waals surface area contributed by atoms with E-state index in [0.717, 1.165) is 10.0 Å². The lowest BCUT2D eigenvalue weighted by molar-refractivity contribution is -0.146. The van der Waals surface area contributed by atoms with E-state index in [1.807, 2.05) is 30.3 Å². The zero-order valence-electron chi connectivity index (χ0n) is 12.1. The third-order valence-electron chi connectivity index (χ3n) is 3.06. The van der Waals surface area contributed by atoms with Crippen molar-refractivity contribution in [2.75, 3.05) is 0 Å². The summed E-state index contributed by atoms with van der Waals surface area (Å²) < 4.78 is 6.10. The van der Waals surface area contributed by atoms with Crippen LogP contribution in [0.15, 0.2) is 59.1 Å². The number of benzene rings is 2. The van der Waals surface area contributed by atoms with Gasteiger partial charge >= 0.3 is 5.97 Å². The van der Waals surface area contributed by atoms with Crippen molar-refractivity contribution in [3.63, 3.8) is 0 Å². The van der Waals surface area contributed by atoms with E-state index in [2.05, 4.69) is 21.2 Å². The molecule has 4 nitrogen and oxygen atoms in total. The number of hydrogen-bond donors (Lipinski definition) is 1. The maximum absolute atomic E-state index is 12.0. The molecule has 0 spiro atoms. The molecule has 1 atom stereocenters. The minimum atomic E-state index is -0.713. The maximum atomic E-state index is 12.0. The fourth-order valence-corrected chi connectivity index (χ4v) is 2.22. The average Bonchev–Trinajstić information content (AvgIpc) is 2.54. The van der Waals surface area contributed by atoms with Gasteiger partial charge in [0.1, 0.15) is 12.6 Å². The van der Waals surface area contributed by atoms with Crippen LogP contribution in [0.2, 0.25) is 0 Å². The lowest BCUT2D eigenvalue weighted by atomic mass is 10.2. The molecule has 0 heterocycles. The van der Waals surface area contributed by atoms with Crippen molar-refractivity contribution in [2.24, 2.45) is 0 Å². The standard InChI is InChI=1S/C17H16BrNO3/c1-12(19-16(20)13-7-3-2-4-8-13)17(21)22-11-14-9-5-6-10-15(14)18/h2-10,12H,11H2,1H3,(H,19,20). The van der Waals surface area contributed by atoms with Crippen LogP contribution in [0.5, 0.6) is 0 Å². The van der Waals surface area contributed by atoms with Gasteiger partial charge in [-0.15, -0.1) is 0 Å². The van der Waals surface area contributed by atoms with Gasteiger partial charge in [0.2, 0.25) is 0 Å². The van der Waals surface area contributed by atoms with E-state index in [0.29, 0.717) is 5.56 Å². The molecule has 0 aliphatic rings. The highest BCUT2D eigenvalue weighted by Gasteiger charge is 2.18. The molecule has 1 N–H and O–H groups in total. The Hall–Kier alpha value is -2.14. The average molecular weight is 362 g/mol. The van der Waals surface area contributed by atoms with E-state index >= 15 is 0 Å². The molecule has 1 amide bonds. The van der Waals surface area contributed by atoms with E-state index < -0.39 is 12.0 Å². The van der Waals surface area contributed by atoms with Gasteiger partial charge in [0.25, 0.3) is 5.91 Å². The van der Waals surface area contributed by atoms with E-state index in [9.17, 15) is 9.59 Å². The minimum absolute atomic E-state index is 0.159. The molecule has 0 radical (unpaired) electrons. The van der Waals surface area contributed by atoms with Crippen molar-refractivity contribution in [3.8, 4) is 0 Å². The molecule has 2 rings (SSSR count). The number of ether oxygens (including phenoxy) is 1. The number of nitrogens with one attached hydrogen (secondary N) is 1. The highest BCUT2D eigenvalue weighted by atomic mass is 79.9. The lowest BCUT2D eigenvalue weighted by Crippen LogP contribution is -2.39. The summed E-state index contributed by atoms with van der Waals surface area (Å²) in [5, 5.41) is 2.62. The Morgan fingerprint density at radius 3 is 2.41 bits per heavy atom. The molecular weight excluding hydrogens is 346 g/mol. The molecule has 0 aliphatic carbocycles. The molecule has 0 saturated heterocycles. The topological polar surface area (TPSA) is 55.4 Å². The van der Waals surface area contributed by atoms with Gasteiger partial charge in [-0.25, -0.2) is 4.79 Å². The van der Waals surface area contributed by atoms with Crippen LogP contribution in [0.1, 0.15) is 22.8 Å². The normalized spacial score (nSPS) is 11.5. The molecule has 0 fully saturated rings. The summed E-state index contributed by atoms with van der Waals surface area (Å²) >= 11 is 3.39. The van der Waals surface area contributed by atoms with Crippen LogP contribution < -0.4 is 5.32 Å². The summed E-state index contributed by atoms with van der Waals surface area (Å²) in [5.74, 6) is -0.772. The van der Waals surface area contributed by atoms with Crippen molar-refractivity contribution in [2.45, 2.75) is 19.6 Å². The van der Waals surface area contributed by atoms with Crippen molar-refractivity contribution in [1.29, 1.82) is 0 Å². The Morgan fingerprint density at radius 1 is 1.09 bits per heavy atom. The summed E-state index contributed by atoms with van der Waals surface area (Å²) in [6.07, 6.45) is 0. The van der Waals surface area contributed by atoms with Crippen LogP contribution in [0, 0.1) is 0 Å². The number of amides is 1. The van der Waals surface area contributed by atoms with Crippen molar-refractivity contribution in [3.05, 3.63) is 70.2 Å². The minimum Gasteiger partial charge on any atom is -0.459 e. The second-order valence-corrected chi connectivity index (χ2v) is 5.61. The summed E-state index contributed by atoms with van der Waals surface area (Å²) in [5.41, 5.74) is 1.38. The van der Waals surface area contributed by atoms with Gasteiger partial charge in [0.05, 0.1) is 0 Å². The molecule has 0 bridgehead atoms. The van der Waals surface area contributed by atoms with Crippen molar-refractivity contribution in [1.82, 2.24) is 5.32 Å². The first kappa shape index (κ1) is 16.2. The quantitative estimate of drug-likeness (QED) is 0.831. The number of hydrogen-bond acceptors (Lipinski definition) is 3. The first-order chi connectivity index (χ1) is 10.6. The second kappa shape index (κ2) is 7.75. The zero-order valence-corrected chi connectivity index (χ0v) is 13.7. The van der Waals surface area contributed by atoms with Gasteiger partial charge in [0.15, 0.2) is 0 Å². The third-order valence-corrected chi connectivity index (χ3v) is 3.84. The van der Waals surface area contributed by atoms with Crippen LogP contribution in [0.4, 0.5) is 0 Å². The number of carbonyl (C=O) groups excluding carboxylic acids is 2.